The summed E-state index contributed by atoms with van der Waals surface area (Å²) in [6.45, 7) is 8.17. The Labute approximate surface area is 191 Å². The van der Waals surface area contributed by atoms with E-state index in [4.69, 9.17) is 4.74 Å². The third-order valence-corrected chi connectivity index (χ3v) is 6.90. The molecule has 1 heterocycles. The lowest BCUT2D eigenvalue weighted by Crippen LogP contribution is -2.47. The number of sulfonamides is 1. The lowest BCUT2D eigenvalue weighted by Gasteiger charge is -2.28. The first-order chi connectivity index (χ1) is 15.3. The molecule has 0 radical (unpaired) electrons. The number of benzene rings is 2. The van der Waals surface area contributed by atoms with Crippen LogP contribution in [0.4, 0.5) is 5.69 Å². The molecule has 1 atom stereocenters. The maximum Gasteiger partial charge on any atom is 0.243 e. The Kier molecular flexibility index (Phi) is 8.28. The molecule has 2 aromatic carbocycles. The van der Waals surface area contributed by atoms with Crippen LogP contribution in [0.1, 0.15) is 30.5 Å². The highest BCUT2D eigenvalue weighted by atomic mass is 32.2. The monoisotopic (exact) mass is 459 g/mol. The second-order valence-corrected chi connectivity index (χ2v) is 10.0. The molecule has 0 aromatic heterocycles. The second kappa shape index (κ2) is 10.9. The van der Waals surface area contributed by atoms with Gasteiger partial charge in [-0.15, -0.1) is 0 Å². The Balaban J connectivity index is 1.65. The number of morpholine rings is 1. The minimum absolute atomic E-state index is 0.339. The summed E-state index contributed by atoms with van der Waals surface area (Å²) < 4.78 is 31.5. The summed E-state index contributed by atoms with van der Waals surface area (Å²) in [6, 6.07) is 14.5. The standard InChI is InChI=1S/C24H33N3O4S/c1-4-20-8-10-23(11-9-20)27(32(3,29)30)19(2)24(28)25-17-21-6-5-7-22(16-21)18-26-12-14-31-15-13-26/h5-11,16,19H,4,12-15,17-18H2,1-3H3,(H,25,28). The fraction of sp³-hybridized carbons (Fsp3) is 0.458. The molecule has 174 valence electrons. The van der Waals surface area contributed by atoms with Crippen molar-refractivity contribution in [2.75, 3.05) is 36.9 Å². The zero-order valence-corrected chi connectivity index (χ0v) is 19.9. The van der Waals surface area contributed by atoms with Gasteiger partial charge in [-0.2, -0.15) is 0 Å². The molecule has 8 heteroatoms. The fourth-order valence-corrected chi connectivity index (χ4v) is 5.05. The van der Waals surface area contributed by atoms with Crippen LogP contribution >= 0.6 is 0 Å². The van der Waals surface area contributed by atoms with Crippen molar-refractivity contribution in [1.82, 2.24) is 10.2 Å². The molecule has 1 amide bonds. The van der Waals surface area contributed by atoms with E-state index in [-0.39, 0.29) is 5.91 Å². The molecular weight excluding hydrogens is 426 g/mol. The molecule has 1 aliphatic rings. The Morgan fingerprint density at radius 3 is 2.38 bits per heavy atom. The van der Waals surface area contributed by atoms with Gasteiger partial charge in [0.25, 0.3) is 0 Å². The minimum Gasteiger partial charge on any atom is -0.379 e. The lowest BCUT2D eigenvalue weighted by molar-refractivity contribution is -0.122. The van der Waals surface area contributed by atoms with Crippen molar-refractivity contribution in [3.05, 3.63) is 65.2 Å². The summed E-state index contributed by atoms with van der Waals surface area (Å²) in [5.74, 6) is -0.339. The van der Waals surface area contributed by atoms with E-state index < -0.39 is 16.1 Å². The average Bonchev–Trinajstić information content (AvgIpc) is 2.78. The van der Waals surface area contributed by atoms with Crippen LogP contribution < -0.4 is 9.62 Å². The average molecular weight is 460 g/mol. The van der Waals surface area contributed by atoms with Crippen LogP contribution in [0.25, 0.3) is 0 Å². The molecular formula is C24H33N3O4S. The molecule has 0 saturated carbocycles. The van der Waals surface area contributed by atoms with Crippen LogP contribution in [0.5, 0.6) is 0 Å². The summed E-state index contributed by atoms with van der Waals surface area (Å²) in [5, 5.41) is 2.90. The van der Waals surface area contributed by atoms with Gasteiger partial charge < -0.3 is 10.1 Å². The number of anilines is 1. The van der Waals surface area contributed by atoms with E-state index in [2.05, 4.69) is 22.3 Å². The molecule has 0 aliphatic carbocycles. The fourth-order valence-electron chi connectivity index (χ4n) is 3.88. The molecule has 7 nitrogen and oxygen atoms in total. The van der Waals surface area contributed by atoms with Crippen molar-refractivity contribution >= 4 is 21.6 Å². The van der Waals surface area contributed by atoms with Crippen LogP contribution in [0, 0.1) is 0 Å². The minimum atomic E-state index is -3.63. The van der Waals surface area contributed by atoms with E-state index in [0.717, 1.165) is 56.7 Å². The number of hydrogen-bond donors (Lipinski definition) is 1. The van der Waals surface area contributed by atoms with E-state index in [9.17, 15) is 13.2 Å². The third kappa shape index (κ3) is 6.54. The smallest absolute Gasteiger partial charge is 0.243 e. The van der Waals surface area contributed by atoms with E-state index in [0.29, 0.717) is 12.2 Å². The highest BCUT2D eigenvalue weighted by molar-refractivity contribution is 7.92. The Hall–Kier alpha value is -2.42. The van der Waals surface area contributed by atoms with Gasteiger partial charge in [-0.25, -0.2) is 8.42 Å². The van der Waals surface area contributed by atoms with Gasteiger partial charge in [0.15, 0.2) is 0 Å². The Bertz CT molecular complexity index is 1000. The first kappa shape index (κ1) is 24.2. The number of amides is 1. The number of ether oxygens (including phenoxy) is 1. The van der Waals surface area contributed by atoms with Crippen LogP contribution in [0.3, 0.4) is 0 Å². The normalized spacial score (nSPS) is 15.8. The van der Waals surface area contributed by atoms with E-state index in [1.807, 2.05) is 31.2 Å². The molecule has 1 aliphatic heterocycles. The molecule has 32 heavy (non-hydrogen) atoms. The second-order valence-electron chi connectivity index (χ2n) is 8.18. The van der Waals surface area contributed by atoms with Gasteiger partial charge in [-0.05, 0) is 42.2 Å². The summed E-state index contributed by atoms with van der Waals surface area (Å²) in [7, 11) is -3.63. The van der Waals surface area contributed by atoms with Crippen molar-refractivity contribution in [3.63, 3.8) is 0 Å². The number of aryl methyl sites for hydroxylation is 1. The molecule has 1 N–H and O–H groups in total. The number of nitrogens with zero attached hydrogens (tertiary/aromatic N) is 2. The number of rotatable bonds is 9. The predicted octanol–water partition coefficient (Wildman–Crippen LogP) is 2.55. The van der Waals surface area contributed by atoms with Crippen LogP contribution in [0.2, 0.25) is 0 Å². The Morgan fingerprint density at radius 1 is 1.09 bits per heavy atom. The molecule has 1 unspecified atom stereocenters. The van der Waals surface area contributed by atoms with Crippen LogP contribution in [-0.4, -0.2) is 57.8 Å². The first-order valence-electron chi connectivity index (χ1n) is 11.0. The van der Waals surface area contributed by atoms with Crippen molar-refractivity contribution < 1.29 is 17.9 Å². The van der Waals surface area contributed by atoms with Crippen molar-refractivity contribution in [2.24, 2.45) is 0 Å². The summed E-state index contributed by atoms with van der Waals surface area (Å²) in [4.78, 5) is 15.2. The summed E-state index contributed by atoms with van der Waals surface area (Å²) >= 11 is 0. The van der Waals surface area contributed by atoms with Gasteiger partial charge in [0.1, 0.15) is 6.04 Å². The summed E-state index contributed by atoms with van der Waals surface area (Å²) in [6.07, 6.45) is 1.99. The maximum absolute atomic E-state index is 12.9. The van der Waals surface area contributed by atoms with Crippen molar-refractivity contribution in [3.8, 4) is 0 Å². The maximum atomic E-state index is 12.9. The number of carbonyl (C=O) groups excluding carboxylic acids is 1. The van der Waals surface area contributed by atoms with Crippen LogP contribution in [0.15, 0.2) is 48.5 Å². The van der Waals surface area contributed by atoms with Gasteiger partial charge in [0.2, 0.25) is 15.9 Å². The molecule has 3 rings (SSSR count). The third-order valence-electron chi connectivity index (χ3n) is 5.66. The quantitative estimate of drug-likeness (QED) is 0.624. The highest BCUT2D eigenvalue weighted by Gasteiger charge is 2.29. The van der Waals surface area contributed by atoms with E-state index in [1.165, 1.54) is 9.87 Å². The molecule has 0 spiro atoms. The van der Waals surface area contributed by atoms with Gasteiger partial charge in [0.05, 0.1) is 25.2 Å². The molecule has 1 fully saturated rings. The number of nitrogens with one attached hydrogen (secondary N) is 1. The van der Waals surface area contributed by atoms with Gasteiger partial charge in [0, 0.05) is 26.2 Å². The van der Waals surface area contributed by atoms with Crippen molar-refractivity contribution in [1.29, 1.82) is 0 Å². The lowest BCUT2D eigenvalue weighted by atomic mass is 10.1. The van der Waals surface area contributed by atoms with Crippen LogP contribution in [-0.2, 0) is 39.1 Å². The largest absolute Gasteiger partial charge is 0.379 e. The zero-order valence-electron chi connectivity index (χ0n) is 19.1. The summed E-state index contributed by atoms with van der Waals surface area (Å²) in [5.41, 5.74) is 3.76. The molecule has 1 saturated heterocycles. The van der Waals surface area contributed by atoms with Gasteiger partial charge in [-0.3, -0.25) is 14.0 Å². The zero-order chi connectivity index (χ0) is 23.1. The van der Waals surface area contributed by atoms with Gasteiger partial charge in [-0.1, -0.05) is 43.3 Å². The molecule has 2 aromatic rings. The molecule has 0 bridgehead atoms. The van der Waals surface area contributed by atoms with E-state index in [1.54, 1.807) is 19.1 Å². The van der Waals surface area contributed by atoms with Gasteiger partial charge >= 0.3 is 0 Å². The number of carbonyl (C=O) groups is 1. The highest BCUT2D eigenvalue weighted by Crippen LogP contribution is 2.22. The SMILES string of the molecule is CCc1ccc(N(C(C)C(=O)NCc2cccc(CN3CCOCC3)c2)S(C)(=O)=O)cc1. The van der Waals surface area contributed by atoms with Crippen molar-refractivity contribution in [2.45, 2.75) is 39.4 Å². The number of hydrogen-bond acceptors (Lipinski definition) is 5. The predicted molar refractivity (Wildman–Crippen MR) is 127 cm³/mol. The first-order valence-corrected chi connectivity index (χ1v) is 12.9. The van der Waals surface area contributed by atoms with E-state index >= 15 is 0 Å². The topological polar surface area (TPSA) is 79.0 Å². The Morgan fingerprint density at radius 2 is 1.75 bits per heavy atom.